The van der Waals surface area contributed by atoms with Gasteiger partial charge in [0.05, 0.1) is 0 Å². The molecule has 0 N–H and O–H groups in total. The van der Waals surface area contributed by atoms with Crippen LogP contribution >= 0.6 is 0 Å². The van der Waals surface area contributed by atoms with Crippen LogP contribution in [0.5, 0.6) is 0 Å². The number of amides is 4. The number of imide groups is 2. The lowest BCUT2D eigenvalue weighted by Crippen LogP contribution is -2.31. The molecule has 5 heteroatoms. The fourth-order valence-electron chi connectivity index (χ4n) is 0.969. The fourth-order valence-corrected chi connectivity index (χ4v) is 0.969. The first-order chi connectivity index (χ1) is 5.09. The van der Waals surface area contributed by atoms with Gasteiger partial charge in [-0.3, -0.25) is 19.4 Å². The summed E-state index contributed by atoms with van der Waals surface area (Å²) in [6.45, 7) is 1.51. The van der Waals surface area contributed by atoms with Crippen LogP contribution < -0.4 is 0 Å². The van der Waals surface area contributed by atoms with Crippen molar-refractivity contribution in [2.45, 2.75) is 13.0 Å². The van der Waals surface area contributed by atoms with Crippen LogP contribution in [0.1, 0.15) is 6.92 Å². The summed E-state index contributed by atoms with van der Waals surface area (Å²) in [6, 6.07) is -1.21. The Labute approximate surface area is 63.6 Å². The number of nitrogens with zero attached hydrogens (tertiary/aromatic N) is 2. The molecule has 0 spiro atoms. The summed E-state index contributed by atoms with van der Waals surface area (Å²) < 4.78 is 0. The lowest BCUT2D eigenvalue weighted by Gasteiger charge is -2.07. The Kier molecular flexibility index (Phi) is 1.64. The molecule has 1 saturated heterocycles. The smallest absolute Gasteiger partial charge is 0.278 e. The van der Waals surface area contributed by atoms with E-state index >= 15 is 0 Å². The minimum atomic E-state index is -0.648. The highest BCUT2D eigenvalue weighted by molar-refractivity contribution is 6.07. The van der Waals surface area contributed by atoms with E-state index in [0.717, 1.165) is 9.80 Å². The molecule has 60 valence electrons. The summed E-state index contributed by atoms with van der Waals surface area (Å²) in [5, 5.41) is 0. The van der Waals surface area contributed by atoms with Crippen LogP contribution in [0.25, 0.3) is 0 Å². The molecule has 0 bridgehead atoms. The number of hydrogen-bond acceptors (Lipinski definition) is 3. The third-order valence-corrected chi connectivity index (χ3v) is 1.73. The lowest BCUT2D eigenvalue weighted by atomic mass is 10.3. The highest BCUT2D eigenvalue weighted by atomic mass is 16.2. The fraction of sp³-hybridized carbons (Fsp3) is 0.500. The Bertz CT molecular complexity index is 226. The Morgan fingerprint density at radius 3 is 2.18 bits per heavy atom. The van der Waals surface area contributed by atoms with Crippen molar-refractivity contribution in [3.63, 3.8) is 0 Å². The van der Waals surface area contributed by atoms with Gasteiger partial charge < -0.3 is 0 Å². The van der Waals surface area contributed by atoms with Gasteiger partial charge in [0.25, 0.3) is 5.91 Å². The van der Waals surface area contributed by atoms with Crippen LogP contribution in [-0.4, -0.2) is 41.2 Å². The highest BCUT2D eigenvalue weighted by Crippen LogP contribution is 2.12. The molecule has 0 aliphatic carbocycles. The van der Waals surface area contributed by atoms with Gasteiger partial charge in [0, 0.05) is 7.05 Å². The zero-order valence-electron chi connectivity index (χ0n) is 6.27. The molecule has 5 nitrogen and oxygen atoms in total. The molecule has 0 radical (unpaired) electrons. The van der Waals surface area contributed by atoms with E-state index in [1.54, 1.807) is 0 Å². The third kappa shape index (κ3) is 0.886. The van der Waals surface area contributed by atoms with Crippen molar-refractivity contribution >= 4 is 18.3 Å². The molecular weight excluding hydrogens is 148 g/mol. The Morgan fingerprint density at radius 2 is 2.00 bits per heavy atom. The molecule has 0 aromatic carbocycles. The van der Waals surface area contributed by atoms with Gasteiger partial charge in [0.15, 0.2) is 0 Å². The summed E-state index contributed by atoms with van der Waals surface area (Å²) in [5.41, 5.74) is 0. The predicted octanol–water partition coefficient (Wildman–Crippen LogP) is -0.575. The average molecular weight is 156 g/mol. The normalized spacial score (nSPS) is 24.7. The summed E-state index contributed by atoms with van der Waals surface area (Å²) in [6.07, 6.45) is 0.369. The first-order valence-corrected chi connectivity index (χ1v) is 3.14. The Hall–Kier alpha value is -1.39. The summed E-state index contributed by atoms with van der Waals surface area (Å²) in [4.78, 5) is 34.0. The van der Waals surface area contributed by atoms with E-state index in [0.29, 0.717) is 6.41 Å². The van der Waals surface area contributed by atoms with Gasteiger partial charge >= 0.3 is 6.03 Å². The SMILES string of the molecule is CC1C(=O)N(C)C(=O)N1C=O. The first-order valence-electron chi connectivity index (χ1n) is 3.14. The van der Waals surface area contributed by atoms with Crippen LogP contribution in [0, 0.1) is 0 Å². The number of carbonyl (C=O) groups excluding carboxylic acids is 3. The molecule has 11 heavy (non-hydrogen) atoms. The zero-order valence-corrected chi connectivity index (χ0v) is 6.27. The predicted molar refractivity (Wildman–Crippen MR) is 35.5 cm³/mol. The van der Waals surface area contributed by atoms with Gasteiger partial charge in [0.1, 0.15) is 6.04 Å². The van der Waals surface area contributed by atoms with E-state index in [-0.39, 0.29) is 5.91 Å². The molecule has 1 aliphatic heterocycles. The van der Waals surface area contributed by atoms with Crippen LogP contribution in [0.2, 0.25) is 0 Å². The van der Waals surface area contributed by atoms with Crippen LogP contribution in [0.4, 0.5) is 4.79 Å². The van der Waals surface area contributed by atoms with E-state index in [4.69, 9.17) is 0 Å². The highest BCUT2D eigenvalue weighted by Gasteiger charge is 2.39. The van der Waals surface area contributed by atoms with E-state index in [9.17, 15) is 14.4 Å². The van der Waals surface area contributed by atoms with Gasteiger partial charge in [-0.05, 0) is 6.92 Å². The largest absolute Gasteiger partial charge is 0.333 e. The molecule has 1 unspecified atom stereocenters. The number of likely N-dealkylation sites (N-methyl/N-ethyl adjacent to an activating group) is 1. The van der Waals surface area contributed by atoms with Gasteiger partial charge in [-0.15, -0.1) is 0 Å². The van der Waals surface area contributed by atoms with Crippen molar-refractivity contribution < 1.29 is 14.4 Å². The number of carbonyl (C=O) groups is 3. The maximum atomic E-state index is 11.0. The average Bonchev–Trinajstić information content (AvgIpc) is 2.17. The standard InChI is InChI=1S/C6H8N2O3/c1-4-5(10)7(2)6(11)8(4)3-9/h3-4H,1-2H3. The summed E-state index contributed by atoms with van der Waals surface area (Å²) in [7, 11) is 1.35. The van der Waals surface area contributed by atoms with Crippen LogP contribution in [0.15, 0.2) is 0 Å². The molecule has 1 fully saturated rings. The zero-order chi connectivity index (χ0) is 8.59. The quantitative estimate of drug-likeness (QED) is 0.377. The summed E-state index contributed by atoms with van der Waals surface area (Å²) in [5.74, 6) is -0.345. The molecule has 0 saturated carbocycles. The molecule has 1 aliphatic rings. The van der Waals surface area contributed by atoms with Crippen molar-refractivity contribution in [1.29, 1.82) is 0 Å². The number of urea groups is 1. The lowest BCUT2D eigenvalue weighted by molar-refractivity contribution is -0.129. The second-order valence-corrected chi connectivity index (χ2v) is 2.37. The maximum absolute atomic E-state index is 11.0. The van der Waals surface area contributed by atoms with Crippen molar-refractivity contribution in [3.8, 4) is 0 Å². The van der Waals surface area contributed by atoms with Crippen LogP contribution in [-0.2, 0) is 9.59 Å². The minimum absolute atomic E-state index is 0.345. The monoisotopic (exact) mass is 156 g/mol. The number of rotatable bonds is 1. The maximum Gasteiger partial charge on any atom is 0.333 e. The molecule has 4 amide bonds. The summed E-state index contributed by atoms with van der Waals surface area (Å²) >= 11 is 0. The molecule has 1 atom stereocenters. The van der Waals surface area contributed by atoms with Gasteiger partial charge in [-0.2, -0.15) is 0 Å². The van der Waals surface area contributed by atoms with E-state index in [1.807, 2.05) is 0 Å². The van der Waals surface area contributed by atoms with Gasteiger partial charge in [-0.25, -0.2) is 4.79 Å². The third-order valence-electron chi connectivity index (χ3n) is 1.73. The second-order valence-electron chi connectivity index (χ2n) is 2.37. The first kappa shape index (κ1) is 7.71. The molecule has 0 aromatic heterocycles. The van der Waals surface area contributed by atoms with Crippen molar-refractivity contribution in [3.05, 3.63) is 0 Å². The molecule has 1 heterocycles. The van der Waals surface area contributed by atoms with Gasteiger partial charge in [-0.1, -0.05) is 0 Å². The van der Waals surface area contributed by atoms with Crippen molar-refractivity contribution in [2.75, 3.05) is 7.05 Å². The molecule has 1 rings (SSSR count). The van der Waals surface area contributed by atoms with Gasteiger partial charge in [0.2, 0.25) is 6.41 Å². The van der Waals surface area contributed by atoms with Crippen LogP contribution in [0.3, 0.4) is 0 Å². The van der Waals surface area contributed by atoms with E-state index in [2.05, 4.69) is 0 Å². The molecular formula is C6H8N2O3. The second kappa shape index (κ2) is 2.34. The Morgan fingerprint density at radius 1 is 1.45 bits per heavy atom. The van der Waals surface area contributed by atoms with E-state index < -0.39 is 12.1 Å². The van der Waals surface area contributed by atoms with Crippen molar-refractivity contribution in [2.24, 2.45) is 0 Å². The van der Waals surface area contributed by atoms with E-state index in [1.165, 1.54) is 14.0 Å². The van der Waals surface area contributed by atoms with Crippen molar-refractivity contribution in [1.82, 2.24) is 9.80 Å². The topological polar surface area (TPSA) is 57.7 Å². The minimum Gasteiger partial charge on any atom is -0.278 e. The Balaban J connectivity index is 2.94. The molecule has 0 aromatic rings. The number of hydrogen-bond donors (Lipinski definition) is 0.